The van der Waals surface area contributed by atoms with Crippen molar-refractivity contribution in [3.63, 3.8) is 0 Å². The molecule has 2 aromatic carbocycles. The Morgan fingerprint density at radius 2 is 1.73 bits per heavy atom. The number of carbonyl (C=O) groups excluding carboxylic acids is 1. The maximum atomic E-state index is 13.7. The Morgan fingerprint density at radius 3 is 2.43 bits per heavy atom. The van der Waals surface area contributed by atoms with Gasteiger partial charge in [-0.15, -0.1) is 0 Å². The van der Waals surface area contributed by atoms with Crippen LogP contribution in [0.4, 0.5) is 23.2 Å². The van der Waals surface area contributed by atoms with E-state index in [1.165, 1.54) is 60.8 Å². The molecule has 0 spiro atoms. The number of amides is 1. The van der Waals surface area contributed by atoms with Crippen LogP contribution in [0.1, 0.15) is 21.7 Å². The summed E-state index contributed by atoms with van der Waals surface area (Å²) in [5.41, 5.74) is 1.06. The highest BCUT2D eigenvalue weighted by Crippen LogP contribution is 2.31. The van der Waals surface area contributed by atoms with Gasteiger partial charge in [0.25, 0.3) is 5.91 Å². The molecule has 4 rings (SSSR count). The monoisotopic (exact) mass is 414 g/mol. The minimum absolute atomic E-state index is 0.0392. The second-order valence-electron chi connectivity index (χ2n) is 6.50. The molecule has 0 saturated carbocycles. The van der Waals surface area contributed by atoms with Gasteiger partial charge in [0.2, 0.25) is 5.82 Å². The number of imidazole rings is 1. The summed E-state index contributed by atoms with van der Waals surface area (Å²) in [6.07, 6.45) is -3.24. The van der Waals surface area contributed by atoms with Crippen LogP contribution < -0.4 is 5.32 Å². The van der Waals surface area contributed by atoms with Crippen LogP contribution in [0.2, 0.25) is 0 Å². The Kier molecular flexibility index (Phi) is 4.94. The van der Waals surface area contributed by atoms with Crippen molar-refractivity contribution in [1.29, 1.82) is 0 Å². The van der Waals surface area contributed by atoms with Crippen molar-refractivity contribution in [1.82, 2.24) is 14.5 Å². The Hall–Kier alpha value is -3.75. The Bertz CT molecular complexity index is 1220. The zero-order chi connectivity index (χ0) is 21.3. The van der Waals surface area contributed by atoms with Gasteiger partial charge >= 0.3 is 6.18 Å². The van der Waals surface area contributed by atoms with E-state index in [2.05, 4.69) is 15.3 Å². The number of alkyl halides is 3. The molecule has 0 aliphatic heterocycles. The summed E-state index contributed by atoms with van der Waals surface area (Å²) >= 11 is 0. The van der Waals surface area contributed by atoms with E-state index >= 15 is 0 Å². The predicted octanol–water partition coefficient (Wildman–Crippen LogP) is 4.89. The average molecular weight is 414 g/mol. The van der Waals surface area contributed by atoms with Crippen LogP contribution in [0, 0.1) is 5.82 Å². The molecule has 2 aromatic heterocycles. The van der Waals surface area contributed by atoms with E-state index in [-0.39, 0.29) is 29.0 Å². The summed E-state index contributed by atoms with van der Waals surface area (Å²) in [7, 11) is 0. The number of fused-ring (bicyclic) bond motifs is 1. The molecule has 0 atom stereocenters. The zero-order valence-electron chi connectivity index (χ0n) is 15.3. The molecule has 30 heavy (non-hydrogen) atoms. The molecule has 9 heteroatoms. The number of rotatable bonds is 4. The van der Waals surface area contributed by atoms with Gasteiger partial charge in [0.15, 0.2) is 5.65 Å². The summed E-state index contributed by atoms with van der Waals surface area (Å²) < 4.78 is 54.9. The van der Waals surface area contributed by atoms with Crippen LogP contribution in [0.25, 0.3) is 11.2 Å². The molecule has 0 unspecified atom stereocenters. The van der Waals surface area contributed by atoms with Gasteiger partial charge in [0.05, 0.1) is 12.2 Å². The number of hydrogen-bond donors (Lipinski definition) is 1. The smallest absolute Gasteiger partial charge is 0.319 e. The highest BCUT2D eigenvalue weighted by molar-refractivity contribution is 6.04. The van der Waals surface area contributed by atoms with E-state index < -0.39 is 23.7 Å². The molecule has 152 valence electrons. The molecule has 1 amide bonds. The molecule has 4 aromatic rings. The van der Waals surface area contributed by atoms with Crippen molar-refractivity contribution in [3.05, 3.63) is 89.6 Å². The molecule has 1 N–H and O–H groups in total. The van der Waals surface area contributed by atoms with E-state index in [4.69, 9.17) is 0 Å². The largest absolute Gasteiger partial charge is 0.449 e. The zero-order valence-corrected chi connectivity index (χ0v) is 15.3. The van der Waals surface area contributed by atoms with Crippen LogP contribution in [0.15, 0.2) is 66.9 Å². The topological polar surface area (TPSA) is 59.8 Å². The highest BCUT2D eigenvalue weighted by atomic mass is 19.4. The molecular weight excluding hydrogens is 400 g/mol. The number of benzene rings is 2. The van der Waals surface area contributed by atoms with Crippen molar-refractivity contribution < 1.29 is 22.4 Å². The number of nitrogens with zero attached hydrogens (tertiary/aromatic N) is 3. The molecule has 0 fully saturated rings. The van der Waals surface area contributed by atoms with Crippen molar-refractivity contribution in [2.24, 2.45) is 0 Å². The standard InChI is InChI=1S/C21H14F4N4O/c22-15-4-1-2-5-16(15)27-19(30)14-9-7-13(8-10-14)12-29-18-17(6-3-11-26-18)28-20(29)21(23,24)25/h1-11H,12H2,(H,27,30). The molecule has 5 nitrogen and oxygen atoms in total. The fourth-order valence-corrected chi connectivity index (χ4v) is 3.03. The summed E-state index contributed by atoms with van der Waals surface area (Å²) in [5, 5.41) is 2.46. The average Bonchev–Trinajstić information content (AvgIpc) is 3.09. The molecule has 0 saturated heterocycles. The van der Waals surface area contributed by atoms with Gasteiger partial charge in [0.1, 0.15) is 11.3 Å². The fourth-order valence-electron chi connectivity index (χ4n) is 3.03. The third-order valence-electron chi connectivity index (χ3n) is 4.44. The number of pyridine rings is 1. The lowest BCUT2D eigenvalue weighted by molar-refractivity contribution is -0.146. The normalized spacial score (nSPS) is 11.6. The van der Waals surface area contributed by atoms with Gasteiger partial charge in [-0.2, -0.15) is 13.2 Å². The van der Waals surface area contributed by atoms with Crippen LogP contribution in [0.5, 0.6) is 0 Å². The van der Waals surface area contributed by atoms with E-state index in [0.717, 1.165) is 4.57 Å². The summed E-state index contributed by atoms with van der Waals surface area (Å²) in [5.74, 6) is -2.14. The number of aromatic nitrogens is 3. The highest BCUT2D eigenvalue weighted by Gasteiger charge is 2.37. The van der Waals surface area contributed by atoms with Crippen molar-refractivity contribution in [2.75, 3.05) is 5.32 Å². The van der Waals surface area contributed by atoms with Gasteiger partial charge in [-0.3, -0.25) is 4.79 Å². The predicted molar refractivity (Wildman–Crippen MR) is 102 cm³/mol. The summed E-state index contributed by atoms with van der Waals surface area (Å²) in [6, 6.07) is 14.7. The molecule has 2 heterocycles. The van der Waals surface area contributed by atoms with E-state index in [1.54, 1.807) is 6.07 Å². The Labute approximate surface area is 168 Å². The first-order chi connectivity index (χ1) is 14.3. The van der Waals surface area contributed by atoms with Crippen LogP contribution in [0.3, 0.4) is 0 Å². The first-order valence-corrected chi connectivity index (χ1v) is 8.86. The van der Waals surface area contributed by atoms with Gasteiger partial charge in [-0.25, -0.2) is 14.4 Å². The SMILES string of the molecule is O=C(Nc1ccccc1F)c1ccc(Cn2c(C(F)(F)F)nc3cccnc32)cc1. The second kappa shape index (κ2) is 7.58. The van der Waals surface area contributed by atoms with Gasteiger partial charge in [0, 0.05) is 11.8 Å². The lowest BCUT2D eigenvalue weighted by Gasteiger charge is -2.11. The molecule has 0 aliphatic rings. The van der Waals surface area contributed by atoms with E-state index in [1.807, 2.05) is 0 Å². The number of carbonyl (C=O) groups is 1. The number of anilines is 1. The molecular formula is C21H14F4N4O. The quantitative estimate of drug-likeness (QED) is 0.484. The Morgan fingerprint density at radius 1 is 1.00 bits per heavy atom. The fraction of sp³-hybridized carbons (Fsp3) is 0.0952. The molecule has 0 bridgehead atoms. The lowest BCUT2D eigenvalue weighted by atomic mass is 10.1. The summed E-state index contributed by atoms with van der Waals surface area (Å²) in [6.45, 7) is -0.127. The van der Waals surface area contributed by atoms with E-state index in [0.29, 0.717) is 5.56 Å². The number of hydrogen-bond acceptors (Lipinski definition) is 3. The lowest BCUT2D eigenvalue weighted by Crippen LogP contribution is -2.16. The molecule has 0 radical (unpaired) electrons. The van der Waals surface area contributed by atoms with Gasteiger partial charge in [-0.05, 0) is 42.0 Å². The van der Waals surface area contributed by atoms with Crippen molar-refractivity contribution in [3.8, 4) is 0 Å². The van der Waals surface area contributed by atoms with Gasteiger partial charge in [-0.1, -0.05) is 24.3 Å². The number of para-hydroxylation sites is 1. The maximum absolute atomic E-state index is 13.7. The second-order valence-corrected chi connectivity index (χ2v) is 6.50. The minimum atomic E-state index is -4.64. The summed E-state index contributed by atoms with van der Waals surface area (Å²) in [4.78, 5) is 20.0. The number of halogens is 4. The maximum Gasteiger partial charge on any atom is 0.449 e. The first kappa shape index (κ1) is 19.6. The first-order valence-electron chi connectivity index (χ1n) is 8.86. The molecule has 0 aliphatic carbocycles. The third-order valence-corrected chi connectivity index (χ3v) is 4.44. The van der Waals surface area contributed by atoms with Crippen LogP contribution in [-0.4, -0.2) is 20.4 Å². The van der Waals surface area contributed by atoms with Crippen LogP contribution >= 0.6 is 0 Å². The number of nitrogens with one attached hydrogen (secondary N) is 1. The van der Waals surface area contributed by atoms with Crippen LogP contribution in [-0.2, 0) is 12.7 Å². The van der Waals surface area contributed by atoms with E-state index in [9.17, 15) is 22.4 Å². The minimum Gasteiger partial charge on any atom is -0.319 e. The Balaban J connectivity index is 1.59. The van der Waals surface area contributed by atoms with Crippen molar-refractivity contribution >= 4 is 22.8 Å². The van der Waals surface area contributed by atoms with Crippen molar-refractivity contribution in [2.45, 2.75) is 12.7 Å². The third kappa shape index (κ3) is 3.86. The van der Waals surface area contributed by atoms with Gasteiger partial charge < -0.3 is 9.88 Å².